The monoisotopic (exact) mass is 376 g/mol. The van der Waals surface area contributed by atoms with Crippen molar-refractivity contribution in [3.05, 3.63) is 77.9 Å². The van der Waals surface area contributed by atoms with Crippen molar-refractivity contribution in [2.75, 3.05) is 6.61 Å². The Labute approximate surface area is 164 Å². The fraction of sp³-hybridized carbons (Fsp3) is 0.217. The first-order chi connectivity index (χ1) is 13.5. The maximum atomic E-state index is 11.9. The summed E-state index contributed by atoms with van der Waals surface area (Å²) in [7, 11) is 0. The van der Waals surface area contributed by atoms with Crippen LogP contribution in [0.2, 0.25) is 0 Å². The molecule has 3 aromatic carbocycles. The van der Waals surface area contributed by atoms with Crippen LogP contribution < -0.4 is 10.5 Å². The highest BCUT2D eigenvalue weighted by atomic mass is 16.7. The average molecular weight is 376 g/mol. The third kappa shape index (κ3) is 5.10. The van der Waals surface area contributed by atoms with Gasteiger partial charge in [0.15, 0.2) is 6.61 Å². The Balaban J connectivity index is 1.53. The van der Waals surface area contributed by atoms with Gasteiger partial charge in [-0.2, -0.15) is 0 Å². The van der Waals surface area contributed by atoms with Crippen LogP contribution in [0.15, 0.2) is 71.9 Å². The highest BCUT2D eigenvalue weighted by Crippen LogP contribution is 2.19. The lowest BCUT2D eigenvalue weighted by atomic mass is 10.0. The molecule has 0 fully saturated rings. The van der Waals surface area contributed by atoms with Crippen molar-refractivity contribution >= 4 is 22.6 Å². The highest BCUT2D eigenvalue weighted by Gasteiger charge is 2.07. The number of nitrogens with two attached hydrogens (primary N) is 1. The summed E-state index contributed by atoms with van der Waals surface area (Å²) in [6, 6.07) is 21.6. The van der Waals surface area contributed by atoms with E-state index in [0.717, 1.165) is 16.3 Å². The molecule has 144 valence electrons. The third-order valence-corrected chi connectivity index (χ3v) is 4.42. The van der Waals surface area contributed by atoms with Gasteiger partial charge in [0.2, 0.25) is 0 Å². The molecule has 0 spiro atoms. The minimum atomic E-state index is -0.603. The molecule has 0 amide bonds. The van der Waals surface area contributed by atoms with E-state index >= 15 is 0 Å². The minimum Gasteiger partial charge on any atom is -0.482 e. The Hall–Kier alpha value is -3.34. The highest BCUT2D eigenvalue weighted by molar-refractivity contribution is 5.91. The van der Waals surface area contributed by atoms with Crippen molar-refractivity contribution in [2.45, 2.75) is 26.2 Å². The van der Waals surface area contributed by atoms with Crippen molar-refractivity contribution in [3.63, 3.8) is 0 Å². The summed E-state index contributed by atoms with van der Waals surface area (Å²) in [5.41, 5.74) is 8.16. The number of benzene rings is 3. The van der Waals surface area contributed by atoms with Crippen LogP contribution in [-0.4, -0.2) is 18.4 Å². The molecule has 28 heavy (non-hydrogen) atoms. The number of oxime groups is 1. The lowest BCUT2D eigenvalue weighted by molar-refractivity contribution is -0.146. The summed E-state index contributed by atoms with van der Waals surface area (Å²) in [5, 5.41) is 5.97. The van der Waals surface area contributed by atoms with Crippen LogP contribution >= 0.6 is 0 Å². The zero-order valence-electron chi connectivity index (χ0n) is 16.1. The molecule has 0 unspecified atom stereocenters. The number of nitrogens with zero attached hydrogens (tertiary/aromatic N) is 1. The molecule has 0 atom stereocenters. The standard InChI is InChI=1S/C23H24N2O3/c1-16(2)17-10-12-20(13-11-17)27-15-23(26)28-25-22(24)14-19-8-5-7-18-6-3-4-9-21(18)19/h3-13,16H,14-15H2,1-2H3,(H2,24,25). The second-order valence-corrected chi connectivity index (χ2v) is 6.87. The molecule has 5 heteroatoms. The minimum absolute atomic E-state index is 0.228. The first-order valence-corrected chi connectivity index (χ1v) is 9.24. The number of hydrogen-bond donors (Lipinski definition) is 1. The molecule has 0 saturated carbocycles. The van der Waals surface area contributed by atoms with Crippen LogP contribution in [0.3, 0.4) is 0 Å². The smallest absolute Gasteiger partial charge is 0.372 e. The summed E-state index contributed by atoms with van der Waals surface area (Å²) in [6.07, 6.45) is 0.395. The van der Waals surface area contributed by atoms with Gasteiger partial charge in [-0.25, -0.2) is 4.79 Å². The normalized spacial score (nSPS) is 11.6. The summed E-state index contributed by atoms with van der Waals surface area (Å²) in [6.45, 7) is 4.01. The molecule has 2 N–H and O–H groups in total. The lowest BCUT2D eigenvalue weighted by Crippen LogP contribution is -2.19. The van der Waals surface area contributed by atoms with Crippen LogP contribution in [0.1, 0.15) is 30.9 Å². The maximum Gasteiger partial charge on any atom is 0.372 e. The number of rotatable bonds is 7. The van der Waals surface area contributed by atoms with E-state index in [9.17, 15) is 4.79 Å². The van der Waals surface area contributed by atoms with E-state index in [1.54, 1.807) is 0 Å². The summed E-state index contributed by atoms with van der Waals surface area (Å²) < 4.78 is 5.43. The number of amidine groups is 1. The van der Waals surface area contributed by atoms with Crippen LogP contribution in [-0.2, 0) is 16.1 Å². The number of fused-ring (bicyclic) bond motifs is 1. The molecule has 3 aromatic rings. The third-order valence-electron chi connectivity index (χ3n) is 4.42. The van der Waals surface area contributed by atoms with Gasteiger partial charge in [0.1, 0.15) is 11.6 Å². The molecule has 0 radical (unpaired) electrons. The van der Waals surface area contributed by atoms with Crippen LogP contribution in [0.25, 0.3) is 10.8 Å². The van der Waals surface area contributed by atoms with E-state index in [1.807, 2.05) is 66.7 Å². The first-order valence-electron chi connectivity index (χ1n) is 9.24. The number of carbonyl (C=O) groups excluding carboxylic acids is 1. The molecule has 0 aliphatic heterocycles. The Morgan fingerprint density at radius 3 is 2.46 bits per heavy atom. The predicted octanol–water partition coefficient (Wildman–Crippen LogP) is 4.40. The average Bonchev–Trinajstić information content (AvgIpc) is 2.71. The molecule has 0 aromatic heterocycles. The Bertz CT molecular complexity index is 973. The zero-order chi connectivity index (χ0) is 19.9. The van der Waals surface area contributed by atoms with E-state index in [2.05, 4.69) is 19.0 Å². The van der Waals surface area contributed by atoms with Gasteiger partial charge in [0.25, 0.3) is 0 Å². The molecular formula is C23H24N2O3. The van der Waals surface area contributed by atoms with Crippen molar-refractivity contribution in [1.29, 1.82) is 0 Å². The van der Waals surface area contributed by atoms with Gasteiger partial charge in [-0.15, -0.1) is 0 Å². The molecule has 5 nitrogen and oxygen atoms in total. The van der Waals surface area contributed by atoms with Gasteiger partial charge in [-0.1, -0.05) is 73.6 Å². The molecule has 0 bridgehead atoms. The Morgan fingerprint density at radius 2 is 1.71 bits per heavy atom. The van der Waals surface area contributed by atoms with E-state index in [0.29, 0.717) is 18.1 Å². The molecule has 0 aliphatic rings. The van der Waals surface area contributed by atoms with Gasteiger partial charge < -0.3 is 15.3 Å². The fourth-order valence-corrected chi connectivity index (χ4v) is 2.90. The zero-order valence-corrected chi connectivity index (χ0v) is 16.1. The second kappa shape index (κ2) is 9.04. The first kappa shape index (κ1) is 19.4. The summed E-state index contributed by atoms with van der Waals surface area (Å²) in [4.78, 5) is 16.7. The maximum absolute atomic E-state index is 11.9. The van der Waals surface area contributed by atoms with E-state index in [4.69, 9.17) is 15.3 Å². The predicted molar refractivity (Wildman–Crippen MR) is 111 cm³/mol. The van der Waals surface area contributed by atoms with E-state index in [1.165, 1.54) is 5.56 Å². The molecule has 0 aliphatic carbocycles. The van der Waals surface area contributed by atoms with Crippen molar-refractivity contribution < 1.29 is 14.4 Å². The van der Waals surface area contributed by atoms with Crippen LogP contribution in [0, 0.1) is 0 Å². The number of hydrogen-bond acceptors (Lipinski definition) is 4. The van der Waals surface area contributed by atoms with Crippen molar-refractivity contribution in [2.24, 2.45) is 10.9 Å². The van der Waals surface area contributed by atoms with Crippen LogP contribution in [0.5, 0.6) is 5.75 Å². The van der Waals surface area contributed by atoms with Gasteiger partial charge in [-0.3, -0.25) is 0 Å². The molecule has 3 rings (SSSR count). The number of carbonyl (C=O) groups is 1. The van der Waals surface area contributed by atoms with Gasteiger partial charge in [0, 0.05) is 6.42 Å². The lowest BCUT2D eigenvalue weighted by Gasteiger charge is -2.08. The van der Waals surface area contributed by atoms with Crippen LogP contribution in [0.4, 0.5) is 0 Å². The fourth-order valence-electron chi connectivity index (χ4n) is 2.90. The van der Waals surface area contributed by atoms with Crippen molar-refractivity contribution in [3.8, 4) is 5.75 Å². The van der Waals surface area contributed by atoms with Gasteiger partial charge in [-0.05, 0) is 39.9 Å². The molecule has 0 heterocycles. The Morgan fingerprint density at radius 1 is 1.00 bits per heavy atom. The molecule has 0 saturated heterocycles. The van der Waals surface area contributed by atoms with E-state index in [-0.39, 0.29) is 12.4 Å². The Kier molecular flexibility index (Phi) is 6.27. The largest absolute Gasteiger partial charge is 0.482 e. The summed E-state index contributed by atoms with van der Waals surface area (Å²) in [5.74, 6) is 0.673. The van der Waals surface area contributed by atoms with E-state index < -0.39 is 5.97 Å². The van der Waals surface area contributed by atoms with Gasteiger partial charge >= 0.3 is 5.97 Å². The van der Waals surface area contributed by atoms with Gasteiger partial charge in [0.05, 0.1) is 0 Å². The number of ether oxygens (including phenoxy) is 1. The molecular weight excluding hydrogens is 352 g/mol. The topological polar surface area (TPSA) is 73.9 Å². The van der Waals surface area contributed by atoms with Crippen molar-refractivity contribution in [1.82, 2.24) is 0 Å². The SMILES string of the molecule is CC(C)c1ccc(OCC(=O)O/N=C(/N)Cc2cccc3ccccc23)cc1. The summed E-state index contributed by atoms with van der Waals surface area (Å²) >= 11 is 0. The second-order valence-electron chi connectivity index (χ2n) is 6.87. The quantitative estimate of drug-likeness (QED) is 0.287.